The van der Waals surface area contributed by atoms with Gasteiger partial charge in [0.05, 0.1) is 18.5 Å². The molecule has 9 heteroatoms. The standard InChI is InChI=1S/C17H18N4O4S/c22-14(20-16-18-11-4-1-5-13(11)26-16)7-6-12-15(23)21(17(24)19-12)9-10-3-2-8-25-10/h2-3,8,12H,1,4-7,9H2,(H,19,24)(H,18,20,22)/t12-/m1/s1. The molecule has 0 spiro atoms. The fourth-order valence-corrected chi connectivity index (χ4v) is 4.25. The van der Waals surface area contributed by atoms with Crippen molar-refractivity contribution in [3.8, 4) is 0 Å². The summed E-state index contributed by atoms with van der Waals surface area (Å²) in [6.45, 7) is 0.0883. The lowest BCUT2D eigenvalue weighted by molar-refractivity contribution is -0.128. The molecule has 4 amide bonds. The molecular weight excluding hydrogens is 356 g/mol. The van der Waals surface area contributed by atoms with Crippen molar-refractivity contribution in [1.29, 1.82) is 0 Å². The van der Waals surface area contributed by atoms with Crippen molar-refractivity contribution >= 4 is 34.3 Å². The van der Waals surface area contributed by atoms with Crippen molar-refractivity contribution in [2.24, 2.45) is 0 Å². The lowest BCUT2D eigenvalue weighted by Crippen LogP contribution is -2.31. The Bertz CT molecular complexity index is 824. The number of anilines is 1. The average Bonchev–Trinajstić information content (AvgIpc) is 3.35. The number of nitrogens with one attached hydrogen (secondary N) is 2. The van der Waals surface area contributed by atoms with E-state index in [4.69, 9.17) is 4.42 Å². The van der Waals surface area contributed by atoms with Gasteiger partial charge in [-0.15, -0.1) is 11.3 Å². The molecule has 0 radical (unpaired) electrons. The summed E-state index contributed by atoms with van der Waals surface area (Å²) in [5.41, 5.74) is 1.08. The Hall–Kier alpha value is -2.68. The van der Waals surface area contributed by atoms with Gasteiger partial charge in [-0.1, -0.05) is 0 Å². The van der Waals surface area contributed by atoms with E-state index in [1.807, 2.05) is 0 Å². The predicted octanol–water partition coefficient (Wildman–Crippen LogP) is 2.06. The van der Waals surface area contributed by atoms with Crippen molar-refractivity contribution in [1.82, 2.24) is 15.2 Å². The number of hydrogen-bond donors (Lipinski definition) is 2. The van der Waals surface area contributed by atoms with Gasteiger partial charge < -0.3 is 15.1 Å². The molecule has 2 aromatic rings. The topological polar surface area (TPSA) is 105 Å². The van der Waals surface area contributed by atoms with Crippen molar-refractivity contribution in [2.45, 2.75) is 44.7 Å². The Labute approximate surface area is 153 Å². The van der Waals surface area contributed by atoms with Gasteiger partial charge in [0.2, 0.25) is 5.91 Å². The summed E-state index contributed by atoms with van der Waals surface area (Å²) in [6.07, 6.45) is 4.99. The van der Waals surface area contributed by atoms with E-state index >= 15 is 0 Å². The maximum absolute atomic E-state index is 12.4. The van der Waals surface area contributed by atoms with Gasteiger partial charge in [-0.25, -0.2) is 9.78 Å². The van der Waals surface area contributed by atoms with Crippen molar-refractivity contribution in [3.63, 3.8) is 0 Å². The highest BCUT2D eigenvalue weighted by atomic mass is 32.1. The van der Waals surface area contributed by atoms with Crippen LogP contribution in [0.3, 0.4) is 0 Å². The van der Waals surface area contributed by atoms with Crippen LogP contribution in [0.25, 0.3) is 0 Å². The monoisotopic (exact) mass is 374 g/mol. The van der Waals surface area contributed by atoms with E-state index in [-0.39, 0.29) is 31.2 Å². The van der Waals surface area contributed by atoms with E-state index < -0.39 is 12.1 Å². The second kappa shape index (κ2) is 6.91. The van der Waals surface area contributed by atoms with E-state index in [9.17, 15) is 14.4 Å². The Morgan fingerprint density at radius 3 is 3.08 bits per heavy atom. The molecule has 8 nitrogen and oxygen atoms in total. The minimum absolute atomic E-state index is 0.0883. The van der Waals surface area contributed by atoms with Crippen molar-refractivity contribution in [3.05, 3.63) is 34.7 Å². The molecule has 1 fully saturated rings. The number of thiazole rings is 1. The van der Waals surface area contributed by atoms with E-state index in [0.29, 0.717) is 10.9 Å². The number of rotatable bonds is 6. The average molecular weight is 374 g/mol. The number of furan rings is 1. The molecule has 4 rings (SSSR count). The summed E-state index contributed by atoms with van der Waals surface area (Å²) in [6, 6.07) is 2.24. The highest BCUT2D eigenvalue weighted by Gasteiger charge is 2.38. The SMILES string of the molecule is O=C(CC[C@H]1NC(=O)N(Cc2ccco2)C1=O)Nc1nc2c(s1)CCC2. The van der Waals surface area contributed by atoms with Crippen LogP contribution in [0.5, 0.6) is 0 Å². The van der Waals surface area contributed by atoms with Gasteiger partial charge in [0.1, 0.15) is 11.8 Å². The van der Waals surface area contributed by atoms with E-state index in [1.165, 1.54) is 22.5 Å². The molecule has 26 heavy (non-hydrogen) atoms. The third-order valence-electron chi connectivity index (χ3n) is 4.50. The highest BCUT2D eigenvalue weighted by molar-refractivity contribution is 7.15. The van der Waals surface area contributed by atoms with Crippen LogP contribution in [0.2, 0.25) is 0 Å². The maximum atomic E-state index is 12.4. The van der Waals surface area contributed by atoms with Gasteiger partial charge >= 0.3 is 6.03 Å². The van der Waals surface area contributed by atoms with Crippen molar-refractivity contribution in [2.75, 3.05) is 5.32 Å². The summed E-state index contributed by atoms with van der Waals surface area (Å²) < 4.78 is 5.17. The van der Waals surface area contributed by atoms with Gasteiger partial charge in [0.15, 0.2) is 5.13 Å². The predicted molar refractivity (Wildman–Crippen MR) is 93.6 cm³/mol. The van der Waals surface area contributed by atoms with Crippen LogP contribution in [0.1, 0.15) is 35.6 Å². The fraction of sp³-hybridized carbons (Fsp3) is 0.412. The molecule has 2 aromatic heterocycles. The number of hydrogen-bond acceptors (Lipinski definition) is 6. The summed E-state index contributed by atoms with van der Waals surface area (Å²) in [5, 5.41) is 6.02. The Kier molecular flexibility index (Phi) is 4.46. The lowest BCUT2D eigenvalue weighted by atomic mass is 10.1. The Morgan fingerprint density at radius 2 is 2.31 bits per heavy atom. The summed E-state index contributed by atoms with van der Waals surface area (Å²) in [7, 11) is 0. The van der Waals surface area contributed by atoms with Crippen LogP contribution in [0.15, 0.2) is 22.8 Å². The van der Waals surface area contributed by atoms with Gasteiger partial charge in [0, 0.05) is 11.3 Å². The Balaban J connectivity index is 1.29. The number of aryl methyl sites for hydroxylation is 2. The minimum atomic E-state index is -0.690. The van der Waals surface area contributed by atoms with Crippen LogP contribution in [-0.2, 0) is 29.0 Å². The molecular formula is C17H18N4O4S. The summed E-state index contributed by atoms with van der Waals surface area (Å²) in [5.74, 6) is -0.0138. The molecule has 3 heterocycles. The Morgan fingerprint density at radius 1 is 1.42 bits per heavy atom. The van der Waals surface area contributed by atoms with Crippen molar-refractivity contribution < 1.29 is 18.8 Å². The quantitative estimate of drug-likeness (QED) is 0.753. The van der Waals surface area contributed by atoms with E-state index in [0.717, 1.165) is 29.9 Å². The zero-order chi connectivity index (χ0) is 18.1. The van der Waals surface area contributed by atoms with Crippen LogP contribution in [0.4, 0.5) is 9.93 Å². The third kappa shape index (κ3) is 3.34. The number of aromatic nitrogens is 1. The largest absolute Gasteiger partial charge is 0.467 e. The number of carbonyl (C=O) groups is 3. The van der Waals surface area contributed by atoms with Crippen LogP contribution >= 0.6 is 11.3 Å². The second-order valence-corrected chi connectivity index (χ2v) is 7.42. The lowest BCUT2D eigenvalue weighted by Gasteiger charge is -2.11. The van der Waals surface area contributed by atoms with Crippen LogP contribution < -0.4 is 10.6 Å². The first kappa shape index (κ1) is 16.8. The first-order valence-electron chi connectivity index (χ1n) is 8.53. The number of fused-ring (bicyclic) bond motifs is 1. The number of carbonyl (C=O) groups excluding carboxylic acids is 3. The van der Waals surface area contributed by atoms with Crippen LogP contribution in [-0.4, -0.2) is 33.8 Å². The molecule has 0 saturated carbocycles. The molecule has 2 aliphatic rings. The summed E-state index contributed by atoms with van der Waals surface area (Å²) >= 11 is 1.51. The molecule has 1 aliphatic carbocycles. The molecule has 0 bridgehead atoms. The van der Waals surface area contributed by atoms with Crippen LogP contribution in [0, 0.1) is 0 Å². The molecule has 1 aliphatic heterocycles. The normalized spacial score (nSPS) is 18.9. The van der Waals surface area contributed by atoms with Gasteiger partial charge in [-0.3, -0.25) is 14.5 Å². The molecule has 0 unspecified atom stereocenters. The number of amides is 4. The van der Waals surface area contributed by atoms with Gasteiger partial charge in [-0.05, 0) is 37.8 Å². The summed E-state index contributed by atoms with van der Waals surface area (Å²) in [4.78, 5) is 43.2. The molecule has 0 aromatic carbocycles. The number of nitrogens with zero attached hydrogens (tertiary/aromatic N) is 2. The second-order valence-electron chi connectivity index (χ2n) is 6.34. The smallest absolute Gasteiger partial charge is 0.325 e. The molecule has 136 valence electrons. The maximum Gasteiger partial charge on any atom is 0.325 e. The number of imide groups is 1. The van der Waals surface area contributed by atoms with E-state index in [1.54, 1.807) is 12.1 Å². The minimum Gasteiger partial charge on any atom is -0.467 e. The molecule has 1 saturated heterocycles. The first-order valence-corrected chi connectivity index (χ1v) is 9.34. The fourth-order valence-electron chi connectivity index (χ4n) is 3.18. The molecule has 2 N–H and O–H groups in total. The van der Waals surface area contributed by atoms with E-state index in [2.05, 4.69) is 15.6 Å². The highest BCUT2D eigenvalue weighted by Crippen LogP contribution is 2.30. The van der Waals surface area contributed by atoms with Gasteiger partial charge in [0.25, 0.3) is 5.91 Å². The zero-order valence-electron chi connectivity index (χ0n) is 14.0. The molecule has 1 atom stereocenters. The third-order valence-corrected chi connectivity index (χ3v) is 5.58. The zero-order valence-corrected chi connectivity index (χ0v) is 14.8. The van der Waals surface area contributed by atoms with Gasteiger partial charge in [-0.2, -0.15) is 0 Å². The number of urea groups is 1. The first-order chi connectivity index (χ1) is 12.6.